The Labute approximate surface area is 197 Å². The average Bonchev–Trinajstić information content (AvgIpc) is 2.86. The third-order valence-electron chi connectivity index (χ3n) is 4.77. The van der Waals surface area contributed by atoms with Crippen molar-refractivity contribution < 1.29 is 23.7 Å². The van der Waals surface area contributed by atoms with Crippen molar-refractivity contribution in [3.05, 3.63) is 64.6 Å². The Morgan fingerprint density at radius 3 is 2.53 bits per heavy atom. The highest BCUT2D eigenvalue weighted by Crippen LogP contribution is 2.31. The van der Waals surface area contributed by atoms with Crippen LogP contribution in [0.1, 0.15) is 12.1 Å². The molecule has 3 rings (SSSR count). The smallest absolute Gasteiger partial charge is 0.273 e. The van der Waals surface area contributed by atoms with Gasteiger partial charge in [-0.05, 0) is 30.3 Å². The number of hydrogen-bond donors (Lipinski definition) is 2. The predicted octanol–water partition coefficient (Wildman–Crippen LogP) is 1.99. The first kappa shape index (κ1) is 24.7. The van der Waals surface area contributed by atoms with Gasteiger partial charge in [0.05, 0.1) is 20.3 Å². The maximum absolute atomic E-state index is 12.5. The second kappa shape index (κ2) is 12.9. The fourth-order valence-corrected chi connectivity index (χ4v) is 3.02. The number of benzene rings is 2. The third kappa shape index (κ3) is 7.31. The summed E-state index contributed by atoms with van der Waals surface area (Å²) in [4.78, 5) is 27.2. The molecule has 34 heavy (non-hydrogen) atoms. The van der Waals surface area contributed by atoms with Crippen LogP contribution in [0.25, 0.3) is 11.4 Å². The SMILES string of the molecule is COCCOc1ccc(-c2nnc(CCC(=O)NCCOc3ccccc3)c(=O)[nH]2)cc1OC. The maximum atomic E-state index is 12.5. The summed E-state index contributed by atoms with van der Waals surface area (Å²) in [6.07, 6.45) is 0.285. The molecule has 0 unspecified atom stereocenters. The van der Waals surface area contributed by atoms with Crippen molar-refractivity contribution in [2.45, 2.75) is 12.8 Å². The van der Waals surface area contributed by atoms with E-state index in [9.17, 15) is 9.59 Å². The molecule has 0 fully saturated rings. The van der Waals surface area contributed by atoms with Crippen molar-refractivity contribution in [2.24, 2.45) is 0 Å². The van der Waals surface area contributed by atoms with Crippen LogP contribution in [0.5, 0.6) is 17.2 Å². The van der Waals surface area contributed by atoms with E-state index in [-0.39, 0.29) is 30.3 Å². The van der Waals surface area contributed by atoms with Gasteiger partial charge in [-0.15, -0.1) is 10.2 Å². The summed E-state index contributed by atoms with van der Waals surface area (Å²) in [6.45, 7) is 1.54. The number of methoxy groups -OCH3 is 2. The first-order chi connectivity index (χ1) is 16.6. The minimum absolute atomic E-state index is 0.115. The molecule has 0 aliphatic rings. The highest BCUT2D eigenvalue weighted by molar-refractivity contribution is 5.76. The van der Waals surface area contributed by atoms with E-state index < -0.39 is 5.56 Å². The van der Waals surface area contributed by atoms with E-state index in [1.165, 1.54) is 7.11 Å². The predicted molar refractivity (Wildman–Crippen MR) is 125 cm³/mol. The number of aromatic nitrogens is 3. The summed E-state index contributed by atoms with van der Waals surface area (Å²) >= 11 is 0. The molecule has 10 heteroatoms. The molecule has 0 atom stereocenters. The number of nitrogens with one attached hydrogen (secondary N) is 2. The zero-order chi connectivity index (χ0) is 24.2. The van der Waals surface area contributed by atoms with Gasteiger partial charge in [0.15, 0.2) is 17.3 Å². The van der Waals surface area contributed by atoms with Crippen molar-refractivity contribution in [3.8, 4) is 28.6 Å². The molecule has 0 bridgehead atoms. The van der Waals surface area contributed by atoms with E-state index >= 15 is 0 Å². The van der Waals surface area contributed by atoms with Crippen molar-refractivity contribution >= 4 is 5.91 Å². The Balaban J connectivity index is 1.51. The lowest BCUT2D eigenvalue weighted by atomic mass is 10.2. The van der Waals surface area contributed by atoms with E-state index in [1.807, 2.05) is 30.3 Å². The Morgan fingerprint density at radius 2 is 1.79 bits per heavy atom. The summed E-state index contributed by atoms with van der Waals surface area (Å²) in [5, 5.41) is 10.9. The number of carbonyl (C=O) groups excluding carboxylic acids is 1. The van der Waals surface area contributed by atoms with Crippen LogP contribution in [-0.2, 0) is 16.0 Å². The van der Waals surface area contributed by atoms with Gasteiger partial charge in [0.2, 0.25) is 5.91 Å². The first-order valence-electron chi connectivity index (χ1n) is 10.8. The fourth-order valence-electron chi connectivity index (χ4n) is 3.02. The summed E-state index contributed by atoms with van der Waals surface area (Å²) in [7, 11) is 3.12. The molecule has 10 nitrogen and oxygen atoms in total. The van der Waals surface area contributed by atoms with Gasteiger partial charge in [-0.1, -0.05) is 18.2 Å². The molecule has 2 aromatic carbocycles. The Morgan fingerprint density at radius 1 is 0.971 bits per heavy atom. The monoisotopic (exact) mass is 468 g/mol. The molecule has 1 amide bonds. The van der Waals surface area contributed by atoms with Gasteiger partial charge in [0.1, 0.15) is 24.7 Å². The number of rotatable bonds is 13. The molecule has 0 saturated carbocycles. The Kier molecular flexibility index (Phi) is 9.41. The van der Waals surface area contributed by atoms with Gasteiger partial charge in [0.25, 0.3) is 5.56 Å². The van der Waals surface area contributed by atoms with Crippen LogP contribution in [0.4, 0.5) is 0 Å². The summed E-state index contributed by atoms with van der Waals surface area (Å²) < 4.78 is 21.5. The van der Waals surface area contributed by atoms with Gasteiger partial charge < -0.3 is 29.2 Å². The topological polar surface area (TPSA) is 125 Å². The zero-order valence-electron chi connectivity index (χ0n) is 19.2. The highest BCUT2D eigenvalue weighted by Gasteiger charge is 2.12. The van der Waals surface area contributed by atoms with Gasteiger partial charge in [-0.2, -0.15) is 0 Å². The molecule has 0 aliphatic carbocycles. The molecule has 0 radical (unpaired) electrons. The van der Waals surface area contributed by atoms with E-state index in [0.717, 1.165) is 5.75 Å². The second-order valence-electron chi connectivity index (χ2n) is 7.17. The van der Waals surface area contributed by atoms with Gasteiger partial charge >= 0.3 is 0 Å². The molecule has 3 aromatic rings. The largest absolute Gasteiger partial charge is 0.493 e. The summed E-state index contributed by atoms with van der Waals surface area (Å²) in [5.74, 6) is 1.88. The van der Waals surface area contributed by atoms with E-state index in [2.05, 4.69) is 20.5 Å². The van der Waals surface area contributed by atoms with Crippen LogP contribution in [-0.4, -0.2) is 61.7 Å². The third-order valence-corrected chi connectivity index (χ3v) is 4.77. The van der Waals surface area contributed by atoms with Crippen molar-refractivity contribution in [1.29, 1.82) is 0 Å². The number of carbonyl (C=O) groups is 1. The van der Waals surface area contributed by atoms with E-state index in [0.29, 0.717) is 43.4 Å². The van der Waals surface area contributed by atoms with Crippen LogP contribution in [0.2, 0.25) is 0 Å². The summed E-state index contributed by atoms with van der Waals surface area (Å²) in [6, 6.07) is 14.5. The number of aryl methyl sites for hydroxylation is 1. The molecular weight excluding hydrogens is 440 g/mol. The van der Waals surface area contributed by atoms with Gasteiger partial charge in [-0.3, -0.25) is 9.59 Å². The van der Waals surface area contributed by atoms with Crippen LogP contribution >= 0.6 is 0 Å². The quantitative estimate of drug-likeness (QED) is 0.365. The zero-order valence-corrected chi connectivity index (χ0v) is 19.2. The van der Waals surface area contributed by atoms with Crippen molar-refractivity contribution in [1.82, 2.24) is 20.5 Å². The van der Waals surface area contributed by atoms with E-state index in [4.69, 9.17) is 18.9 Å². The molecule has 1 heterocycles. The number of ether oxygens (including phenoxy) is 4. The van der Waals surface area contributed by atoms with Crippen LogP contribution < -0.4 is 25.1 Å². The van der Waals surface area contributed by atoms with Crippen LogP contribution in [0, 0.1) is 0 Å². The fraction of sp³-hybridized carbons (Fsp3) is 0.333. The van der Waals surface area contributed by atoms with Gasteiger partial charge in [-0.25, -0.2) is 0 Å². The maximum Gasteiger partial charge on any atom is 0.273 e. The Hall–Kier alpha value is -3.92. The summed E-state index contributed by atoms with van der Waals surface area (Å²) in [5.41, 5.74) is 0.402. The number of nitrogens with zero attached hydrogens (tertiary/aromatic N) is 2. The first-order valence-corrected chi connectivity index (χ1v) is 10.8. The number of hydrogen-bond acceptors (Lipinski definition) is 8. The molecule has 2 N–H and O–H groups in total. The normalized spacial score (nSPS) is 10.5. The molecule has 0 spiro atoms. The van der Waals surface area contributed by atoms with Crippen LogP contribution in [0.15, 0.2) is 53.3 Å². The lowest BCUT2D eigenvalue weighted by molar-refractivity contribution is -0.121. The number of aromatic amines is 1. The molecule has 0 saturated heterocycles. The molecule has 1 aromatic heterocycles. The van der Waals surface area contributed by atoms with Crippen LogP contribution in [0.3, 0.4) is 0 Å². The highest BCUT2D eigenvalue weighted by atomic mass is 16.5. The minimum Gasteiger partial charge on any atom is -0.493 e. The second-order valence-corrected chi connectivity index (χ2v) is 7.17. The number of amides is 1. The number of para-hydroxylation sites is 1. The molecule has 180 valence electrons. The van der Waals surface area contributed by atoms with Crippen molar-refractivity contribution in [3.63, 3.8) is 0 Å². The van der Waals surface area contributed by atoms with Gasteiger partial charge in [0, 0.05) is 25.5 Å². The molecular formula is C24H28N4O6. The van der Waals surface area contributed by atoms with Crippen molar-refractivity contribution in [2.75, 3.05) is 40.6 Å². The van der Waals surface area contributed by atoms with E-state index in [1.54, 1.807) is 25.3 Å². The average molecular weight is 469 g/mol. The molecule has 0 aliphatic heterocycles. The standard InChI is InChI=1S/C24H28N4O6/c1-31-14-15-34-20-10-8-17(16-21(20)32-2)23-26-24(30)19(27-28-23)9-11-22(29)25-12-13-33-18-6-4-3-5-7-18/h3-8,10,16H,9,11-15H2,1-2H3,(H,25,29)(H,26,28,30). The number of H-pyrrole nitrogens is 1. The Bertz CT molecular complexity index is 1120. The minimum atomic E-state index is -0.399. The lowest BCUT2D eigenvalue weighted by Crippen LogP contribution is -2.29. The lowest BCUT2D eigenvalue weighted by Gasteiger charge is -2.11.